The third-order valence-corrected chi connectivity index (χ3v) is 4.73. The second-order valence-corrected chi connectivity index (χ2v) is 6.42. The zero-order valence-electron chi connectivity index (χ0n) is 12.7. The van der Waals surface area contributed by atoms with E-state index in [0.29, 0.717) is 12.1 Å². The largest absolute Gasteiger partial charge is 0.337 e. The topological polar surface area (TPSA) is 47.1 Å². The fourth-order valence-electron chi connectivity index (χ4n) is 3.20. The van der Waals surface area contributed by atoms with Crippen molar-refractivity contribution in [1.82, 2.24) is 14.5 Å². The molecule has 1 aliphatic carbocycles. The molecular weight excluding hydrogens is 236 g/mol. The van der Waals surface area contributed by atoms with Gasteiger partial charge in [0.15, 0.2) is 0 Å². The van der Waals surface area contributed by atoms with Crippen molar-refractivity contribution in [2.24, 2.45) is 24.6 Å². The summed E-state index contributed by atoms with van der Waals surface area (Å²) in [5.41, 5.74) is 6.34. The average Bonchev–Trinajstić information content (AvgIpc) is 2.75. The lowest BCUT2D eigenvalue weighted by Gasteiger charge is -2.40. The van der Waals surface area contributed by atoms with Crippen LogP contribution in [0.3, 0.4) is 0 Å². The third-order valence-electron chi connectivity index (χ3n) is 4.73. The van der Waals surface area contributed by atoms with Gasteiger partial charge < -0.3 is 10.3 Å². The fourth-order valence-corrected chi connectivity index (χ4v) is 3.20. The highest BCUT2D eigenvalue weighted by molar-refractivity contribution is 4.94. The van der Waals surface area contributed by atoms with Crippen LogP contribution in [0.5, 0.6) is 0 Å². The molecule has 0 aliphatic heterocycles. The van der Waals surface area contributed by atoms with E-state index < -0.39 is 0 Å². The van der Waals surface area contributed by atoms with Gasteiger partial charge in [-0.05, 0) is 38.1 Å². The van der Waals surface area contributed by atoms with Crippen molar-refractivity contribution in [2.45, 2.75) is 51.7 Å². The molecular formula is C15H28N4. The Hall–Kier alpha value is -0.870. The van der Waals surface area contributed by atoms with Crippen LogP contribution in [0, 0.1) is 11.8 Å². The first-order valence-electron chi connectivity index (χ1n) is 7.41. The zero-order valence-corrected chi connectivity index (χ0v) is 12.7. The minimum Gasteiger partial charge on any atom is -0.337 e. The van der Waals surface area contributed by atoms with Gasteiger partial charge in [0.05, 0.1) is 6.54 Å². The second kappa shape index (κ2) is 6.06. The van der Waals surface area contributed by atoms with Crippen LogP contribution in [0.25, 0.3) is 0 Å². The molecule has 4 heteroatoms. The molecule has 0 aromatic carbocycles. The average molecular weight is 264 g/mol. The van der Waals surface area contributed by atoms with Crippen LogP contribution in [0.4, 0.5) is 0 Å². The Labute approximate surface area is 117 Å². The van der Waals surface area contributed by atoms with Crippen LogP contribution in [0.15, 0.2) is 12.4 Å². The zero-order chi connectivity index (χ0) is 14.0. The molecule has 3 unspecified atom stereocenters. The van der Waals surface area contributed by atoms with Crippen LogP contribution in [0.1, 0.15) is 38.9 Å². The quantitative estimate of drug-likeness (QED) is 0.905. The van der Waals surface area contributed by atoms with Gasteiger partial charge in [-0.2, -0.15) is 0 Å². The number of hydrogen-bond acceptors (Lipinski definition) is 3. The number of hydrogen-bond donors (Lipinski definition) is 1. The maximum Gasteiger partial charge on any atom is 0.122 e. The fraction of sp³-hybridized carbons (Fsp3) is 0.800. The molecule has 0 bridgehead atoms. The summed E-state index contributed by atoms with van der Waals surface area (Å²) in [6, 6.07) is 0.790. The van der Waals surface area contributed by atoms with E-state index in [1.165, 1.54) is 12.8 Å². The van der Waals surface area contributed by atoms with E-state index >= 15 is 0 Å². The Balaban J connectivity index is 2.00. The minimum atomic E-state index is 0.306. The predicted octanol–water partition coefficient (Wildman–Crippen LogP) is 2.00. The summed E-state index contributed by atoms with van der Waals surface area (Å²) in [6.07, 6.45) is 7.52. The minimum absolute atomic E-state index is 0.306. The molecule has 4 nitrogen and oxygen atoms in total. The summed E-state index contributed by atoms with van der Waals surface area (Å²) in [4.78, 5) is 6.80. The Bertz CT molecular complexity index is 399. The van der Waals surface area contributed by atoms with Crippen molar-refractivity contribution in [3.05, 3.63) is 18.2 Å². The summed E-state index contributed by atoms with van der Waals surface area (Å²) in [7, 11) is 4.23. The van der Waals surface area contributed by atoms with Crippen molar-refractivity contribution in [1.29, 1.82) is 0 Å². The Kier molecular flexibility index (Phi) is 4.63. The molecule has 0 spiro atoms. The van der Waals surface area contributed by atoms with Crippen molar-refractivity contribution in [3.8, 4) is 0 Å². The van der Waals surface area contributed by atoms with Crippen LogP contribution in [-0.2, 0) is 13.6 Å². The van der Waals surface area contributed by atoms with Gasteiger partial charge in [-0.3, -0.25) is 4.90 Å². The smallest absolute Gasteiger partial charge is 0.122 e. The normalized spacial score (nSPS) is 28.3. The molecule has 0 saturated heterocycles. The highest BCUT2D eigenvalue weighted by Gasteiger charge is 2.32. The van der Waals surface area contributed by atoms with Crippen LogP contribution >= 0.6 is 0 Å². The summed E-state index contributed by atoms with van der Waals surface area (Å²) < 4.78 is 2.09. The van der Waals surface area contributed by atoms with Crippen LogP contribution in [-0.4, -0.2) is 33.6 Å². The molecule has 1 saturated carbocycles. The van der Waals surface area contributed by atoms with Crippen molar-refractivity contribution < 1.29 is 0 Å². The lowest BCUT2D eigenvalue weighted by molar-refractivity contribution is 0.110. The van der Waals surface area contributed by atoms with Gasteiger partial charge in [-0.1, -0.05) is 13.8 Å². The predicted molar refractivity (Wildman–Crippen MR) is 78.6 cm³/mol. The molecule has 2 rings (SSSR count). The molecule has 0 radical (unpaired) electrons. The molecule has 0 amide bonds. The first-order chi connectivity index (χ1) is 8.99. The monoisotopic (exact) mass is 264 g/mol. The van der Waals surface area contributed by atoms with Gasteiger partial charge in [0.2, 0.25) is 0 Å². The van der Waals surface area contributed by atoms with Crippen molar-refractivity contribution in [2.75, 3.05) is 7.05 Å². The van der Waals surface area contributed by atoms with E-state index in [1.54, 1.807) is 0 Å². The number of nitrogens with two attached hydrogens (primary N) is 1. The number of nitrogens with zero attached hydrogens (tertiary/aromatic N) is 3. The van der Waals surface area contributed by atoms with Gasteiger partial charge in [0.1, 0.15) is 5.82 Å². The number of imidazole rings is 1. The Morgan fingerprint density at radius 2 is 2.21 bits per heavy atom. The van der Waals surface area contributed by atoms with Crippen molar-refractivity contribution >= 4 is 0 Å². The number of aromatic nitrogens is 2. The third kappa shape index (κ3) is 3.37. The first kappa shape index (κ1) is 14.5. The van der Waals surface area contributed by atoms with E-state index in [1.807, 2.05) is 19.4 Å². The van der Waals surface area contributed by atoms with E-state index in [4.69, 9.17) is 5.73 Å². The van der Waals surface area contributed by atoms with E-state index in [2.05, 4.69) is 35.3 Å². The summed E-state index contributed by atoms with van der Waals surface area (Å²) >= 11 is 0. The molecule has 2 N–H and O–H groups in total. The molecule has 1 fully saturated rings. The molecule has 1 aromatic heterocycles. The lowest BCUT2D eigenvalue weighted by Crippen LogP contribution is -2.50. The highest BCUT2D eigenvalue weighted by Crippen LogP contribution is 2.31. The highest BCUT2D eigenvalue weighted by atomic mass is 15.2. The van der Waals surface area contributed by atoms with E-state index in [0.717, 1.165) is 30.6 Å². The molecule has 1 aromatic rings. The molecule has 108 valence electrons. The van der Waals surface area contributed by atoms with Crippen LogP contribution < -0.4 is 5.73 Å². The van der Waals surface area contributed by atoms with E-state index in [9.17, 15) is 0 Å². The molecule has 1 aliphatic rings. The number of rotatable bonds is 4. The van der Waals surface area contributed by atoms with Crippen LogP contribution in [0.2, 0.25) is 0 Å². The summed E-state index contributed by atoms with van der Waals surface area (Å²) in [5, 5.41) is 0. The number of likely N-dealkylation sites (N-methyl/N-ethyl adjacent to an activating group) is 1. The van der Waals surface area contributed by atoms with Gasteiger partial charge in [-0.15, -0.1) is 0 Å². The van der Waals surface area contributed by atoms with Gasteiger partial charge in [0, 0.05) is 31.5 Å². The van der Waals surface area contributed by atoms with E-state index in [-0.39, 0.29) is 0 Å². The van der Waals surface area contributed by atoms with Gasteiger partial charge in [-0.25, -0.2) is 4.98 Å². The first-order valence-corrected chi connectivity index (χ1v) is 7.41. The standard InChI is InChI=1S/C15H28N4/c1-11(2)12-5-6-13(16)14(9-12)19(4)10-15-17-7-8-18(15)3/h7-8,11-14H,5-6,9-10,16H2,1-4H3. The van der Waals surface area contributed by atoms with Gasteiger partial charge >= 0.3 is 0 Å². The lowest BCUT2D eigenvalue weighted by atomic mass is 9.76. The SMILES string of the molecule is CC(C)C1CCC(N)C(N(C)Cc2nccn2C)C1. The maximum atomic E-state index is 6.34. The maximum absolute atomic E-state index is 6.34. The molecule has 19 heavy (non-hydrogen) atoms. The Morgan fingerprint density at radius 1 is 1.47 bits per heavy atom. The van der Waals surface area contributed by atoms with Crippen molar-refractivity contribution in [3.63, 3.8) is 0 Å². The Morgan fingerprint density at radius 3 is 2.79 bits per heavy atom. The second-order valence-electron chi connectivity index (χ2n) is 6.42. The summed E-state index contributed by atoms with van der Waals surface area (Å²) in [6.45, 7) is 5.54. The van der Waals surface area contributed by atoms with Gasteiger partial charge in [0.25, 0.3) is 0 Å². The summed E-state index contributed by atoms with van der Waals surface area (Å²) in [5.74, 6) is 2.69. The molecule has 3 atom stereocenters. The molecule has 1 heterocycles. The number of aryl methyl sites for hydroxylation is 1.